The molecule has 2 aromatic rings. The molecule has 2 atom stereocenters. The highest BCUT2D eigenvalue weighted by Crippen LogP contribution is 2.20. The third kappa shape index (κ3) is 9.89. The van der Waals surface area contributed by atoms with Gasteiger partial charge in [-0.3, -0.25) is 19.2 Å². The van der Waals surface area contributed by atoms with Gasteiger partial charge in [0, 0.05) is 40.0 Å². The van der Waals surface area contributed by atoms with Gasteiger partial charge in [-0.15, -0.1) is 0 Å². The molecular weight excluding hydrogens is 532 g/mol. The van der Waals surface area contributed by atoms with Crippen LogP contribution in [0.5, 0.6) is 5.75 Å². The fraction of sp³-hybridized carbons (Fsp3) is 0.515. The van der Waals surface area contributed by atoms with Crippen molar-refractivity contribution in [3.63, 3.8) is 0 Å². The van der Waals surface area contributed by atoms with Crippen molar-refractivity contribution in [1.29, 1.82) is 0 Å². The van der Waals surface area contributed by atoms with E-state index in [0.717, 1.165) is 31.2 Å². The van der Waals surface area contributed by atoms with Crippen LogP contribution in [0.1, 0.15) is 68.3 Å². The van der Waals surface area contributed by atoms with Crippen LogP contribution in [0.4, 0.5) is 0 Å². The van der Waals surface area contributed by atoms with Crippen LogP contribution in [-0.4, -0.2) is 79.3 Å². The highest BCUT2D eigenvalue weighted by Gasteiger charge is 2.31. The molecular formula is C33H46N4O5. The molecule has 0 bridgehead atoms. The fourth-order valence-corrected chi connectivity index (χ4v) is 4.91. The van der Waals surface area contributed by atoms with Gasteiger partial charge in [0.25, 0.3) is 5.91 Å². The zero-order valence-corrected chi connectivity index (χ0v) is 25.4. The van der Waals surface area contributed by atoms with Crippen LogP contribution in [0.15, 0.2) is 54.6 Å². The summed E-state index contributed by atoms with van der Waals surface area (Å²) >= 11 is 0. The molecule has 2 N–H and O–H groups in total. The Bertz CT molecular complexity index is 1190. The quantitative estimate of drug-likeness (QED) is 0.561. The zero-order valence-electron chi connectivity index (χ0n) is 25.4. The Balaban J connectivity index is 1.87. The number of nitrogens with zero attached hydrogens (tertiary/aromatic N) is 2. The van der Waals surface area contributed by atoms with Crippen molar-refractivity contribution in [2.45, 2.75) is 70.9 Å². The second-order valence-electron chi connectivity index (χ2n) is 11.4. The first-order chi connectivity index (χ1) is 20.2. The standard InChI is InChI=1S/C33H46N4O5/c1-24(2)23-34-32(40)27-18-19-30(38)37(4)28(22-25-14-8-7-9-15-25)33(41)36(3)20-12-5-6-13-21-42-29-17-11-10-16-26(29)31(39)35-27/h7-11,14-17,24,27-28H,5-6,12-13,18-23H2,1-4H3,(H,34,40)(H,35,39)/t27-,28-/m0/s1. The number of ether oxygens (including phenoxy) is 1. The van der Waals surface area contributed by atoms with E-state index in [0.29, 0.717) is 37.4 Å². The van der Waals surface area contributed by atoms with Gasteiger partial charge in [0.2, 0.25) is 17.7 Å². The average molecular weight is 579 g/mol. The highest BCUT2D eigenvalue weighted by atomic mass is 16.5. The van der Waals surface area contributed by atoms with Crippen molar-refractivity contribution in [3.8, 4) is 5.75 Å². The van der Waals surface area contributed by atoms with E-state index in [9.17, 15) is 19.2 Å². The van der Waals surface area contributed by atoms with E-state index in [2.05, 4.69) is 10.6 Å². The van der Waals surface area contributed by atoms with Gasteiger partial charge in [0.1, 0.15) is 17.8 Å². The molecule has 0 fully saturated rings. The Morgan fingerprint density at radius 2 is 1.67 bits per heavy atom. The van der Waals surface area contributed by atoms with E-state index in [1.165, 1.54) is 4.90 Å². The smallest absolute Gasteiger partial charge is 0.255 e. The Morgan fingerprint density at radius 1 is 0.976 bits per heavy atom. The molecule has 1 heterocycles. The van der Waals surface area contributed by atoms with Crippen molar-refractivity contribution in [1.82, 2.24) is 20.4 Å². The van der Waals surface area contributed by atoms with Crippen LogP contribution < -0.4 is 15.4 Å². The SMILES string of the molecule is CC(C)CNC(=O)[C@@H]1CCC(=O)N(C)[C@@H](Cc2ccccc2)C(=O)N(C)CCCCCCOc2ccccc2C(=O)N1. The van der Waals surface area contributed by atoms with Gasteiger partial charge in [-0.05, 0) is 42.9 Å². The molecule has 0 spiro atoms. The molecule has 0 unspecified atom stereocenters. The number of rotatable bonds is 5. The fourth-order valence-electron chi connectivity index (χ4n) is 4.91. The molecule has 9 heteroatoms. The van der Waals surface area contributed by atoms with Crippen molar-refractivity contribution in [2.75, 3.05) is 33.8 Å². The summed E-state index contributed by atoms with van der Waals surface area (Å²) in [7, 11) is 3.43. The van der Waals surface area contributed by atoms with E-state index < -0.39 is 18.0 Å². The maximum atomic E-state index is 13.6. The molecule has 4 amide bonds. The molecule has 1 aliphatic rings. The topological polar surface area (TPSA) is 108 Å². The third-order valence-corrected chi connectivity index (χ3v) is 7.52. The van der Waals surface area contributed by atoms with Gasteiger partial charge in [0.05, 0.1) is 12.2 Å². The second kappa shape index (κ2) is 16.5. The lowest BCUT2D eigenvalue weighted by Gasteiger charge is -2.31. The number of hydrogen-bond acceptors (Lipinski definition) is 5. The largest absolute Gasteiger partial charge is 0.493 e. The van der Waals surface area contributed by atoms with E-state index in [1.807, 2.05) is 50.2 Å². The van der Waals surface area contributed by atoms with Crippen molar-refractivity contribution >= 4 is 23.6 Å². The van der Waals surface area contributed by atoms with Gasteiger partial charge < -0.3 is 25.2 Å². The zero-order chi connectivity index (χ0) is 30.5. The Morgan fingerprint density at radius 3 is 2.40 bits per heavy atom. The molecule has 2 aromatic carbocycles. The number of para-hydroxylation sites is 1. The summed E-state index contributed by atoms with van der Waals surface area (Å²) < 4.78 is 5.95. The molecule has 0 saturated heterocycles. The van der Waals surface area contributed by atoms with Gasteiger partial charge in [-0.1, -0.05) is 69.2 Å². The van der Waals surface area contributed by atoms with E-state index >= 15 is 0 Å². The highest BCUT2D eigenvalue weighted by molar-refractivity contribution is 5.99. The lowest BCUT2D eigenvalue weighted by atomic mass is 10.0. The summed E-state index contributed by atoms with van der Waals surface area (Å²) in [4.78, 5) is 56.9. The number of benzene rings is 2. The summed E-state index contributed by atoms with van der Waals surface area (Å²) in [5.74, 6) is -0.502. The normalized spacial score (nSPS) is 20.1. The molecule has 42 heavy (non-hydrogen) atoms. The van der Waals surface area contributed by atoms with Gasteiger partial charge >= 0.3 is 0 Å². The lowest BCUT2D eigenvalue weighted by molar-refractivity contribution is -0.144. The maximum Gasteiger partial charge on any atom is 0.255 e. The Labute approximate surface area is 250 Å². The number of likely N-dealkylation sites (N-methyl/N-ethyl adjacent to an activating group) is 2. The third-order valence-electron chi connectivity index (χ3n) is 7.52. The number of nitrogens with one attached hydrogen (secondary N) is 2. The second-order valence-corrected chi connectivity index (χ2v) is 11.4. The van der Waals surface area contributed by atoms with Gasteiger partial charge in [-0.25, -0.2) is 0 Å². The number of hydrogen-bond donors (Lipinski definition) is 2. The minimum absolute atomic E-state index is 0.0169. The van der Waals surface area contributed by atoms with Gasteiger partial charge in [0.15, 0.2) is 0 Å². The van der Waals surface area contributed by atoms with E-state index in [1.54, 1.807) is 37.2 Å². The number of fused-ring (bicyclic) bond motifs is 1. The maximum absolute atomic E-state index is 13.6. The first-order valence-corrected chi connectivity index (χ1v) is 15.0. The predicted molar refractivity (Wildman–Crippen MR) is 163 cm³/mol. The Kier molecular flexibility index (Phi) is 12.8. The molecule has 1 aliphatic heterocycles. The van der Waals surface area contributed by atoms with Crippen LogP contribution in [-0.2, 0) is 20.8 Å². The Hall–Kier alpha value is -3.88. The molecule has 9 nitrogen and oxygen atoms in total. The van der Waals surface area contributed by atoms with Crippen molar-refractivity contribution in [3.05, 3.63) is 65.7 Å². The van der Waals surface area contributed by atoms with Crippen LogP contribution in [0.25, 0.3) is 0 Å². The molecule has 0 radical (unpaired) electrons. The predicted octanol–water partition coefficient (Wildman–Crippen LogP) is 3.82. The minimum atomic E-state index is -0.935. The summed E-state index contributed by atoms with van der Waals surface area (Å²) in [5, 5.41) is 5.72. The van der Waals surface area contributed by atoms with E-state index in [-0.39, 0.29) is 36.5 Å². The van der Waals surface area contributed by atoms with Crippen LogP contribution in [0.3, 0.4) is 0 Å². The first-order valence-electron chi connectivity index (χ1n) is 15.0. The monoisotopic (exact) mass is 578 g/mol. The lowest BCUT2D eigenvalue weighted by Crippen LogP contribution is -2.51. The molecule has 0 aliphatic carbocycles. The van der Waals surface area contributed by atoms with Crippen LogP contribution in [0.2, 0.25) is 0 Å². The summed E-state index contributed by atoms with van der Waals surface area (Å²) in [6.45, 7) is 5.46. The summed E-state index contributed by atoms with van der Waals surface area (Å²) in [6, 6.07) is 15.0. The average Bonchev–Trinajstić information content (AvgIpc) is 2.99. The summed E-state index contributed by atoms with van der Waals surface area (Å²) in [5.41, 5.74) is 1.30. The van der Waals surface area contributed by atoms with Crippen LogP contribution in [0, 0.1) is 5.92 Å². The molecule has 3 rings (SSSR count). The number of carbonyl (C=O) groups is 4. The molecule has 0 aromatic heterocycles. The number of amides is 4. The molecule has 0 saturated carbocycles. The first kappa shape index (κ1) is 32.6. The minimum Gasteiger partial charge on any atom is -0.493 e. The van der Waals surface area contributed by atoms with E-state index in [4.69, 9.17) is 4.74 Å². The van der Waals surface area contributed by atoms with Gasteiger partial charge in [-0.2, -0.15) is 0 Å². The van der Waals surface area contributed by atoms with Crippen molar-refractivity contribution < 1.29 is 23.9 Å². The number of carbonyl (C=O) groups excluding carboxylic acids is 4. The van der Waals surface area contributed by atoms with Crippen LogP contribution >= 0.6 is 0 Å². The molecule has 228 valence electrons. The van der Waals surface area contributed by atoms with Crippen molar-refractivity contribution in [2.24, 2.45) is 5.92 Å². The summed E-state index contributed by atoms with van der Waals surface area (Å²) in [6.07, 6.45) is 3.94.